The summed E-state index contributed by atoms with van der Waals surface area (Å²) in [5, 5.41) is 11.6. The summed E-state index contributed by atoms with van der Waals surface area (Å²) in [4.78, 5) is 12.0. The highest BCUT2D eigenvalue weighted by Crippen LogP contribution is 2.30. The summed E-state index contributed by atoms with van der Waals surface area (Å²) >= 11 is 0. The summed E-state index contributed by atoms with van der Waals surface area (Å²) < 4.78 is 37.6. The van der Waals surface area contributed by atoms with E-state index >= 15 is 0 Å². The Morgan fingerprint density at radius 1 is 1.26 bits per heavy atom. The third-order valence-corrected chi connectivity index (χ3v) is 3.76. The Bertz CT molecular complexity index is 687. The van der Waals surface area contributed by atoms with Gasteiger partial charge in [0, 0.05) is 17.8 Å². The van der Waals surface area contributed by atoms with Crippen molar-refractivity contribution in [2.75, 3.05) is 18.4 Å². The normalized spacial score (nSPS) is 18.1. The number of anilines is 1. The molecule has 1 aromatic heterocycles. The van der Waals surface area contributed by atoms with Crippen molar-refractivity contribution < 1.29 is 18.0 Å². The zero-order valence-corrected chi connectivity index (χ0v) is 12.1. The van der Waals surface area contributed by atoms with E-state index in [1.54, 1.807) is 24.3 Å². The highest BCUT2D eigenvalue weighted by atomic mass is 19.4. The van der Waals surface area contributed by atoms with Gasteiger partial charge in [-0.3, -0.25) is 9.89 Å². The fraction of sp³-hybridized carbons (Fsp3) is 0.333. The SMILES string of the molecule is O=C(Nc1ccc(-c2cc(C(F)(F)F)[nH]n2)cc1)C1CCNC1. The lowest BCUT2D eigenvalue weighted by molar-refractivity contribution is -0.141. The molecule has 1 unspecified atom stereocenters. The van der Waals surface area contributed by atoms with Crippen LogP contribution in [0.2, 0.25) is 0 Å². The van der Waals surface area contributed by atoms with E-state index in [0.717, 1.165) is 19.0 Å². The minimum absolute atomic E-state index is 0.0460. The first kappa shape index (κ1) is 15.5. The number of amides is 1. The molecular weight excluding hydrogens is 309 g/mol. The number of H-pyrrole nitrogens is 1. The van der Waals surface area contributed by atoms with Crippen LogP contribution in [0.3, 0.4) is 0 Å². The number of carbonyl (C=O) groups excluding carboxylic acids is 1. The minimum Gasteiger partial charge on any atom is -0.326 e. The van der Waals surface area contributed by atoms with E-state index < -0.39 is 11.9 Å². The zero-order valence-electron chi connectivity index (χ0n) is 12.1. The molecule has 2 heterocycles. The fourth-order valence-corrected chi connectivity index (χ4v) is 2.46. The number of hydrogen-bond donors (Lipinski definition) is 3. The molecule has 0 radical (unpaired) electrons. The molecule has 3 N–H and O–H groups in total. The van der Waals surface area contributed by atoms with Crippen molar-refractivity contribution in [2.45, 2.75) is 12.6 Å². The van der Waals surface area contributed by atoms with E-state index in [4.69, 9.17) is 0 Å². The lowest BCUT2D eigenvalue weighted by atomic mass is 10.1. The van der Waals surface area contributed by atoms with E-state index in [2.05, 4.69) is 15.7 Å². The molecule has 2 aromatic rings. The van der Waals surface area contributed by atoms with Gasteiger partial charge in [-0.15, -0.1) is 0 Å². The average molecular weight is 324 g/mol. The zero-order chi connectivity index (χ0) is 16.4. The number of alkyl halides is 3. The second-order valence-corrected chi connectivity index (χ2v) is 5.42. The summed E-state index contributed by atoms with van der Waals surface area (Å²) in [5.41, 5.74) is 0.461. The van der Waals surface area contributed by atoms with Crippen molar-refractivity contribution in [3.8, 4) is 11.3 Å². The van der Waals surface area contributed by atoms with Crippen LogP contribution in [0.15, 0.2) is 30.3 Å². The second kappa shape index (κ2) is 6.04. The first-order valence-corrected chi connectivity index (χ1v) is 7.18. The number of aromatic nitrogens is 2. The van der Waals surface area contributed by atoms with Gasteiger partial charge in [-0.1, -0.05) is 12.1 Å². The molecule has 0 aliphatic carbocycles. The topological polar surface area (TPSA) is 69.8 Å². The van der Waals surface area contributed by atoms with Crippen molar-refractivity contribution in [2.24, 2.45) is 5.92 Å². The first-order chi connectivity index (χ1) is 10.9. The molecule has 0 spiro atoms. The summed E-state index contributed by atoms with van der Waals surface area (Å²) in [7, 11) is 0. The maximum absolute atomic E-state index is 12.5. The van der Waals surface area contributed by atoms with Gasteiger partial charge >= 0.3 is 6.18 Å². The number of halogens is 3. The molecule has 1 saturated heterocycles. The quantitative estimate of drug-likeness (QED) is 0.813. The molecule has 23 heavy (non-hydrogen) atoms. The van der Waals surface area contributed by atoms with Gasteiger partial charge in [0.2, 0.25) is 5.91 Å². The lowest BCUT2D eigenvalue weighted by Gasteiger charge is -2.10. The van der Waals surface area contributed by atoms with Crippen LogP contribution in [-0.4, -0.2) is 29.2 Å². The summed E-state index contributed by atoms with van der Waals surface area (Å²) in [6.45, 7) is 1.50. The maximum atomic E-state index is 12.5. The van der Waals surface area contributed by atoms with Crippen molar-refractivity contribution in [1.82, 2.24) is 15.5 Å². The number of aromatic amines is 1. The van der Waals surface area contributed by atoms with Gasteiger partial charge in [0.1, 0.15) is 5.69 Å². The van der Waals surface area contributed by atoms with E-state index in [1.807, 2.05) is 5.10 Å². The second-order valence-electron chi connectivity index (χ2n) is 5.42. The maximum Gasteiger partial charge on any atom is 0.432 e. The van der Waals surface area contributed by atoms with Gasteiger partial charge in [-0.25, -0.2) is 0 Å². The first-order valence-electron chi connectivity index (χ1n) is 7.18. The summed E-state index contributed by atoms with van der Waals surface area (Å²) in [6, 6.07) is 7.50. The average Bonchev–Trinajstić information content (AvgIpc) is 3.19. The Balaban J connectivity index is 1.69. The predicted molar refractivity (Wildman–Crippen MR) is 78.6 cm³/mol. The molecule has 3 rings (SSSR count). The molecule has 5 nitrogen and oxygen atoms in total. The Labute approximate surface area is 130 Å². The molecule has 0 bridgehead atoms. The largest absolute Gasteiger partial charge is 0.432 e. The fourth-order valence-electron chi connectivity index (χ4n) is 2.46. The number of benzene rings is 1. The minimum atomic E-state index is -4.45. The number of nitrogens with zero attached hydrogens (tertiary/aromatic N) is 1. The molecule has 1 fully saturated rings. The van der Waals surface area contributed by atoms with Crippen LogP contribution in [0.25, 0.3) is 11.3 Å². The number of rotatable bonds is 3. The van der Waals surface area contributed by atoms with Crippen molar-refractivity contribution in [3.63, 3.8) is 0 Å². The van der Waals surface area contributed by atoms with Gasteiger partial charge < -0.3 is 10.6 Å². The van der Waals surface area contributed by atoms with Crippen LogP contribution < -0.4 is 10.6 Å². The molecule has 1 aliphatic rings. The van der Waals surface area contributed by atoms with Crippen LogP contribution in [0.4, 0.5) is 18.9 Å². The Morgan fingerprint density at radius 2 is 2.00 bits per heavy atom. The van der Waals surface area contributed by atoms with Gasteiger partial charge in [0.15, 0.2) is 0 Å². The Morgan fingerprint density at radius 3 is 2.57 bits per heavy atom. The highest BCUT2D eigenvalue weighted by molar-refractivity contribution is 5.93. The molecule has 0 saturated carbocycles. The van der Waals surface area contributed by atoms with Crippen LogP contribution in [0.5, 0.6) is 0 Å². The third-order valence-electron chi connectivity index (χ3n) is 3.76. The van der Waals surface area contributed by atoms with Gasteiger partial charge in [-0.05, 0) is 31.2 Å². The summed E-state index contributed by atoms with van der Waals surface area (Å²) in [5.74, 6) is -0.0998. The lowest BCUT2D eigenvalue weighted by Crippen LogP contribution is -2.24. The molecule has 1 aliphatic heterocycles. The molecule has 122 valence electrons. The highest BCUT2D eigenvalue weighted by Gasteiger charge is 2.33. The van der Waals surface area contributed by atoms with Crippen LogP contribution >= 0.6 is 0 Å². The molecule has 1 amide bonds. The predicted octanol–water partition coefficient (Wildman–Crippen LogP) is 2.64. The monoisotopic (exact) mass is 324 g/mol. The van der Waals surface area contributed by atoms with Crippen molar-refractivity contribution in [3.05, 3.63) is 36.0 Å². The van der Waals surface area contributed by atoms with E-state index in [9.17, 15) is 18.0 Å². The smallest absolute Gasteiger partial charge is 0.326 e. The van der Waals surface area contributed by atoms with Crippen LogP contribution in [-0.2, 0) is 11.0 Å². The molecule has 8 heteroatoms. The van der Waals surface area contributed by atoms with Gasteiger partial charge in [-0.2, -0.15) is 18.3 Å². The van der Waals surface area contributed by atoms with E-state index in [-0.39, 0.29) is 17.5 Å². The third kappa shape index (κ3) is 3.53. The Hall–Kier alpha value is -2.35. The Kier molecular flexibility index (Phi) is 4.08. The molecule has 1 atom stereocenters. The number of hydrogen-bond acceptors (Lipinski definition) is 3. The van der Waals surface area contributed by atoms with Crippen molar-refractivity contribution in [1.29, 1.82) is 0 Å². The van der Waals surface area contributed by atoms with Gasteiger partial charge in [0.05, 0.1) is 11.6 Å². The number of carbonyl (C=O) groups is 1. The van der Waals surface area contributed by atoms with Crippen molar-refractivity contribution >= 4 is 11.6 Å². The van der Waals surface area contributed by atoms with E-state index in [0.29, 0.717) is 17.8 Å². The standard InChI is InChI=1S/C15H15F3N4O/c16-15(17,18)13-7-12(21-22-13)9-1-3-11(4-2-9)20-14(23)10-5-6-19-8-10/h1-4,7,10,19H,5-6,8H2,(H,20,23)(H,21,22). The molecular formula is C15H15F3N4O. The van der Waals surface area contributed by atoms with E-state index in [1.165, 1.54) is 0 Å². The molecule has 1 aromatic carbocycles. The van der Waals surface area contributed by atoms with Crippen LogP contribution in [0.1, 0.15) is 12.1 Å². The summed E-state index contributed by atoms with van der Waals surface area (Å²) in [6.07, 6.45) is -3.65. The number of nitrogens with one attached hydrogen (secondary N) is 3. The van der Waals surface area contributed by atoms with Crippen LogP contribution in [0, 0.1) is 5.92 Å². The van der Waals surface area contributed by atoms with Gasteiger partial charge in [0.25, 0.3) is 0 Å².